The van der Waals surface area contributed by atoms with Crippen LogP contribution in [0.3, 0.4) is 0 Å². The Bertz CT molecular complexity index is 472. The van der Waals surface area contributed by atoms with E-state index in [4.69, 9.17) is 4.42 Å². The second-order valence-corrected chi connectivity index (χ2v) is 4.06. The van der Waals surface area contributed by atoms with Crippen LogP contribution in [0.1, 0.15) is 6.42 Å². The number of nitrogens with one attached hydrogen (secondary N) is 1. The van der Waals surface area contributed by atoms with Gasteiger partial charge in [-0.2, -0.15) is 0 Å². The van der Waals surface area contributed by atoms with Gasteiger partial charge in [0.05, 0.1) is 11.6 Å². The lowest BCUT2D eigenvalue weighted by molar-refractivity contribution is 0.615. The van der Waals surface area contributed by atoms with Gasteiger partial charge in [0.2, 0.25) is 0 Å². The average Bonchev–Trinajstić information content (AvgIpc) is 2.63. The largest absolute Gasteiger partial charge is 0.464 e. The first-order chi connectivity index (χ1) is 7.95. The van der Waals surface area contributed by atoms with E-state index in [2.05, 4.69) is 15.2 Å². The molecule has 1 fully saturated rings. The maximum absolute atomic E-state index is 5.40. The van der Waals surface area contributed by atoms with Gasteiger partial charge in [-0.25, -0.2) is 4.98 Å². The van der Waals surface area contributed by atoms with Crippen LogP contribution < -0.4 is 10.2 Å². The van der Waals surface area contributed by atoms with Crippen molar-refractivity contribution in [3.63, 3.8) is 0 Å². The Labute approximate surface area is 94.3 Å². The average molecular weight is 217 g/mol. The smallest absolute Gasteiger partial charge is 0.139 e. The fraction of sp³-hybridized carbons (Fsp3) is 0.417. The summed E-state index contributed by atoms with van der Waals surface area (Å²) in [4.78, 5) is 6.81. The number of hydrogen-bond acceptors (Lipinski definition) is 4. The molecule has 2 aromatic heterocycles. The van der Waals surface area contributed by atoms with Crippen LogP contribution in [0.2, 0.25) is 0 Å². The lowest BCUT2D eigenvalue weighted by atomic mass is 10.3. The number of furan rings is 1. The molecule has 0 amide bonds. The highest BCUT2D eigenvalue weighted by Crippen LogP contribution is 2.25. The number of fused-ring (bicyclic) bond motifs is 1. The molecule has 0 unspecified atom stereocenters. The number of aromatic nitrogens is 1. The van der Waals surface area contributed by atoms with Crippen LogP contribution in [0.4, 0.5) is 5.82 Å². The predicted molar refractivity (Wildman–Crippen MR) is 63.7 cm³/mol. The van der Waals surface area contributed by atoms with Gasteiger partial charge in [-0.05, 0) is 25.1 Å². The van der Waals surface area contributed by atoms with E-state index in [1.165, 1.54) is 0 Å². The van der Waals surface area contributed by atoms with Crippen molar-refractivity contribution in [2.24, 2.45) is 0 Å². The summed E-state index contributed by atoms with van der Waals surface area (Å²) in [5.41, 5.74) is 0.919. The zero-order valence-corrected chi connectivity index (χ0v) is 9.15. The van der Waals surface area contributed by atoms with Crippen LogP contribution in [-0.2, 0) is 0 Å². The molecule has 1 saturated heterocycles. The second kappa shape index (κ2) is 4.14. The summed E-state index contributed by atoms with van der Waals surface area (Å²) in [6.45, 7) is 4.19. The maximum Gasteiger partial charge on any atom is 0.139 e. The van der Waals surface area contributed by atoms with Gasteiger partial charge in [0.25, 0.3) is 0 Å². The minimum atomic E-state index is 0.919. The molecule has 2 aromatic rings. The van der Waals surface area contributed by atoms with E-state index in [0.717, 1.165) is 49.4 Å². The molecule has 0 aromatic carbocycles. The fourth-order valence-electron chi connectivity index (χ4n) is 2.19. The van der Waals surface area contributed by atoms with E-state index in [1.54, 1.807) is 6.26 Å². The molecule has 16 heavy (non-hydrogen) atoms. The van der Waals surface area contributed by atoms with Crippen LogP contribution in [0.15, 0.2) is 29.0 Å². The van der Waals surface area contributed by atoms with Gasteiger partial charge in [-0.15, -0.1) is 0 Å². The van der Waals surface area contributed by atoms with E-state index < -0.39 is 0 Å². The standard InChI is InChI=1S/C12H15N3O/c1-4-13-6-8-15(7-1)12-10-3-9-16-11(10)2-5-14-12/h2-3,5,9,13H,1,4,6-8H2. The van der Waals surface area contributed by atoms with Crippen molar-refractivity contribution in [1.82, 2.24) is 10.3 Å². The Morgan fingerprint density at radius 2 is 2.25 bits per heavy atom. The van der Waals surface area contributed by atoms with Crippen LogP contribution >= 0.6 is 0 Å². The molecule has 0 atom stereocenters. The molecule has 3 rings (SSSR count). The molecule has 1 N–H and O–H groups in total. The molecule has 0 aliphatic carbocycles. The number of nitrogens with zero attached hydrogens (tertiary/aromatic N) is 2. The summed E-state index contributed by atoms with van der Waals surface area (Å²) in [7, 11) is 0. The zero-order chi connectivity index (χ0) is 10.8. The van der Waals surface area contributed by atoms with E-state index in [1.807, 2.05) is 18.3 Å². The van der Waals surface area contributed by atoms with Crippen molar-refractivity contribution in [3.8, 4) is 0 Å². The van der Waals surface area contributed by atoms with Crippen molar-refractivity contribution in [2.75, 3.05) is 31.1 Å². The number of hydrogen-bond donors (Lipinski definition) is 1. The predicted octanol–water partition coefficient (Wildman–Crippen LogP) is 1.63. The van der Waals surface area contributed by atoms with Crippen molar-refractivity contribution >= 4 is 16.8 Å². The van der Waals surface area contributed by atoms with Crippen molar-refractivity contribution in [1.29, 1.82) is 0 Å². The summed E-state index contributed by atoms with van der Waals surface area (Å²) in [5.74, 6) is 1.05. The normalized spacial score (nSPS) is 17.6. The molecule has 4 heteroatoms. The molecular formula is C12H15N3O. The fourth-order valence-corrected chi connectivity index (χ4v) is 2.19. The Morgan fingerprint density at radius 3 is 3.25 bits per heavy atom. The molecule has 0 spiro atoms. The number of anilines is 1. The Balaban J connectivity index is 2.00. The number of pyridine rings is 1. The summed E-state index contributed by atoms with van der Waals surface area (Å²) in [6, 6.07) is 3.91. The van der Waals surface area contributed by atoms with Crippen molar-refractivity contribution < 1.29 is 4.42 Å². The van der Waals surface area contributed by atoms with Crippen LogP contribution in [0.5, 0.6) is 0 Å². The summed E-state index contributed by atoms with van der Waals surface area (Å²) >= 11 is 0. The van der Waals surface area contributed by atoms with E-state index in [0.29, 0.717) is 0 Å². The quantitative estimate of drug-likeness (QED) is 0.788. The summed E-state index contributed by atoms with van der Waals surface area (Å²) < 4.78 is 5.40. The maximum atomic E-state index is 5.40. The van der Waals surface area contributed by atoms with Gasteiger partial charge in [-0.3, -0.25) is 0 Å². The molecule has 3 heterocycles. The summed E-state index contributed by atoms with van der Waals surface area (Å²) in [6.07, 6.45) is 4.71. The topological polar surface area (TPSA) is 41.3 Å². The summed E-state index contributed by atoms with van der Waals surface area (Å²) in [5, 5.41) is 4.51. The third kappa shape index (κ3) is 1.65. The number of rotatable bonds is 1. The molecule has 0 saturated carbocycles. The first kappa shape index (κ1) is 9.66. The SMILES string of the molecule is c1cc2occc2c(N2CCCNCC2)n1. The molecule has 1 aliphatic heterocycles. The van der Waals surface area contributed by atoms with Crippen molar-refractivity contribution in [2.45, 2.75) is 6.42 Å². The first-order valence-corrected chi connectivity index (χ1v) is 5.73. The first-order valence-electron chi connectivity index (χ1n) is 5.73. The van der Waals surface area contributed by atoms with Gasteiger partial charge in [-0.1, -0.05) is 0 Å². The third-order valence-corrected chi connectivity index (χ3v) is 3.00. The van der Waals surface area contributed by atoms with Crippen LogP contribution in [-0.4, -0.2) is 31.2 Å². The highest BCUT2D eigenvalue weighted by atomic mass is 16.3. The lowest BCUT2D eigenvalue weighted by Crippen LogP contribution is -2.28. The minimum Gasteiger partial charge on any atom is -0.464 e. The Kier molecular flexibility index (Phi) is 2.50. The van der Waals surface area contributed by atoms with Crippen LogP contribution in [0, 0.1) is 0 Å². The Morgan fingerprint density at radius 1 is 1.25 bits per heavy atom. The van der Waals surface area contributed by atoms with Gasteiger partial charge in [0.1, 0.15) is 11.4 Å². The highest BCUT2D eigenvalue weighted by molar-refractivity contribution is 5.88. The van der Waals surface area contributed by atoms with Gasteiger partial charge < -0.3 is 14.6 Å². The highest BCUT2D eigenvalue weighted by Gasteiger charge is 2.14. The van der Waals surface area contributed by atoms with E-state index in [-0.39, 0.29) is 0 Å². The molecule has 84 valence electrons. The molecule has 0 bridgehead atoms. The molecule has 4 nitrogen and oxygen atoms in total. The second-order valence-electron chi connectivity index (χ2n) is 4.06. The zero-order valence-electron chi connectivity index (χ0n) is 9.15. The monoisotopic (exact) mass is 217 g/mol. The molecule has 1 aliphatic rings. The lowest BCUT2D eigenvalue weighted by Gasteiger charge is -2.21. The van der Waals surface area contributed by atoms with Crippen LogP contribution in [0.25, 0.3) is 11.0 Å². The van der Waals surface area contributed by atoms with Crippen molar-refractivity contribution in [3.05, 3.63) is 24.6 Å². The van der Waals surface area contributed by atoms with E-state index >= 15 is 0 Å². The Hall–Kier alpha value is -1.55. The van der Waals surface area contributed by atoms with Gasteiger partial charge in [0.15, 0.2) is 0 Å². The van der Waals surface area contributed by atoms with Gasteiger partial charge in [0, 0.05) is 25.8 Å². The molecular weight excluding hydrogens is 202 g/mol. The van der Waals surface area contributed by atoms with E-state index in [9.17, 15) is 0 Å². The van der Waals surface area contributed by atoms with Gasteiger partial charge >= 0.3 is 0 Å². The molecule has 0 radical (unpaired) electrons. The third-order valence-electron chi connectivity index (χ3n) is 3.00. The minimum absolute atomic E-state index is 0.919.